The van der Waals surface area contributed by atoms with E-state index < -0.39 is 26.6 Å². The summed E-state index contributed by atoms with van der Waals surface area (Å²) in [5, 5.41) is 0.367. The molecule has 0 aliphatic carbocycles. The van der Waals surface area contributed by atoms with E-state index in [1.54, 1.807) is 12.1 Å². The normalized spacial score (nSPS) is 13.7. The van der Waals surface area contributed by atoms with Crippen LogP contribution < -0.4 is 14.2 Å². The highest BCUT2D eigenvalue weighted by molar-refractivity contribution is 7.89. The van der Waals surface area contributed by atoms with Crippen molar-refractivity contribution in [3.8, 4) is 11.5 Å². The molecule has 0 amide bonds. The first-order chi connectivity index (χ1) is 11.9. The third kappa shape index (κ3) is 4.02. The molecule has 0 fully saturated rings. The average molecular weight is 390 g/mol. The van der Waals surface area contributed by atoms with Crippen molar-refractivity contribution in [2.45, 2.75) is 11.3 Å². The molecule has 0 unspecified atom stereocenters. The lowest BCUT2D eigenvalue weighted by Gasteiger charge is -2.20. The Bertz CT molecular complexity index is 905. The van der Waals surface area contributed by atoms with Crippen molar-refractivity contribution in [2.75, 3.05) is 19.8 Å². The third-order valence-corrected chi connectivity index (χ3v) is 5.30. The van der Waals surface area contributed by atoms with E-state index in [0.29, 0.717) is 35.8 Å². The van der Waals surface area contributed by atoms with E-state index >= 15 is 0 Å². The average Bonchev–Trinajstić information content (AvgIpc) is 2.57. The third-order valence-electron chi connectivity index (χ3n) is 3.55. The highest BCUT2D eigenvalue weighted by atomic mass is 35.5. The minimum absolute atomic E-state index is 0.0196. The van der Waals surface area contributed by atoms with Gasteiger partial charge in [0, 0.05) is 6.54 Å². The number of nitrogens with one attached hydrogen (secondary N) is 1. The molecular weight excluding hydrogens is 376 g/mol. The molecule has 0 atom stereocenters. The standard InChI is InChI=1S/C16H14ClF2NO4S/c17-12-7-10(8-14-16(12)24-6-5-23-14)3-4-20-25(21,22)15-9-11(18)1-2-13(15)19/h1-2,7-9,20H,3-6H2. The van der Waals surface area contributed by atoms with Gasteiger partial charge in [-0.2, -0.15) is 0 Å². The van der Waals surface area contributed by atoms with Crippen LogP contribution in [0, 0.1) is 11.6 Å². The summed E-state index contributed by atoms with van der Waals surface area (Å²) in [6.45, 7) is 0.789. The van der Waals surface area contributed by atoms with Crippen LogP contribution in [0.5, 0.6) is 11.5 Å². The summed E-state index contributed by atoms with van der Waals surface area (Å²) in [7, 11) is -4.16. The molecule has 2 aromatic carbocycles. The van der Waals surface area contributed by atoms with Crippen molar-refractivity contribution in [3.05, 3.63) is 52.6 Å². The first kappa shape index (κ1) is 17.9. The van der Waals surface area contributed by atoms with Crippen LogP contribution >= 0.6 is 11.6 Å². The Labute approximate surface area is 148 Å². The van der Waals surface area contributed by atoms with Crippen LogP contribution in [0.2, 0.25) is 5.02 Å². The Morgan fingerprint density at radius 1 is 1.12 bits per heavy atom. The maximum Gasteiger partial charge on any atom is 0.243 e. The predicted molar refractivity (Wildman–Crippen MR) is 87.7 cm³/mol. The van der Waals surface area contributed by atoms with Crippen LogP contribution in [0.15, 0.2) is 35.2 Å². The van der Waals surface area contributed by atoms with Gasteiger partial charge in [0.2, 0.25) is 10.0 Å². The number of ether oxygens (including phenoxy) is 2. The Hall–Kier alpha value is -1.90. The van der Waals surface area contributed by atoms with Crippen molar-refractivity contribution in [1.82, 2.24) is 4.72 Å². The van der Waals surface area contributed by atoms with Crippen LogP contribution in [0.3, 0.4) is 0 Å². The molecule has 134 valence electrons. The molecule has 1 aliphatic rings. The van der Waals surface area contributed by atoms with Crippen LogP contribution in [-0.2, 0) is 16.4 Å². The predicted octanol–water partition coefficient (Wildman–Crippen LogP) is 2.91. The molecule has 1 heterocycles. The highest BCUT2D eigenvalue weighted by Gasteiger charge is 2.20. The molecule has 0 aromatic heterocycles. The van der Waals surface area contributed by atoms with Gasteiger partial charge in [-0.05, 0) is 42.3 Å². The lowest BCUT2D eigenvalue weighted by atomic mass is 10.1. The van der Waals surface area contributed by atoms with Crippen LogP contribution in [0.25, 0.3) is 0 Å². The van der Waals surface area contributed by atoms with E-state index in [4.69, 9.17) is 21.1 Å². The minimum Gasteiger partial charge on any atom is -0.486 e. The number of fused-ring (bicyclic) bond motifs is 1. The first-order valence-electron chi connectivity index (χ1n) is 7.39. The van der Waals surface area contributed by atoms with Crippen molar-refractivity contribution in [1.29, 1.82) is 0 Å². The van der Waals surface area contributed by atoms with E-state index in [2.05, 4.69) is 4.72 Å². The van der Waals surface area contributed by atoms with Crippen molar-refractivity contribution < 1.29 is 26.7 Å². The summed E-state index contributed by atoms with van der Waals surface area (Å²) in [6.07, 6.45) is 0.284. The summed E-state index contributed by atoms with van der Waals surface area (Å²) < 4.78 is 64.1. The maximum atomic E-state index is 13.6. The molecule has 1 N–H and O–H groups in total. The molecule has 2 aromatic rings. The number of rotatable bonds is 5. The molecule has 5 nitrogen and oxygen atoms in total. The summed E-state index contributed by atoms with van der Waals surface area (Å²) in [4.78, 5) is -0.729. The Balaban J connectivity index is 1.70. The lowest BCUT2D eigenvalue weighted by Crippen LogP contribution is -2.27. The Morgan fingerprint density at radius 3 is 2.68 bits per heavy atom. The van der Waals surface area contributed by atoms with Crippen LogP contribution in [-0.4, -0.2) is 28.2 Å². The van der Waals surface area contributed by atoms with E-state index in [-0.39, 0.29) is 13.0 Å². The fraction of sp³-hybridized carbons (Fsp3) is 0.250. The molecule has 25 heavy (non-hydrogen) atoms. The SMILES string of the molecule is O=S(=O)(NCCc1cc(Cl)c2c(c1)OCCO2)c1cc(F)ccc1F. The Kier molecular flexibility index (Phi) is 5.12. The van der Waals surface area contributed by atoms with E-state index in [9.17, 15) is 17.2 Å². The molecule has 0 saturated carbocycles. The number of halogens is 3. The fourth-order valence-electron chi connectivity index (χ4n) is 2.40. The van der Waals surface area contributed by atoms with Crippen LogP contribution in [0.4, 0.5) is 8.78 Å². The molecule has 0 saturated heterocycles. The van der Waals surface area contributed by atoms with Crippen molar-refractivity contribution in [2.24, 2.45) is 0 Å². The monoisotopic (exact) mass is 389 g/mol. The summed E-state index contributed by atoms with van der Waals surface area (Å²) in [5.74, 6) is -0.900. The summed E-state index contributed by atoms with van der Waals surface area (Å²) in [6, 6.07) is 5.61. The Morgan fingerprint density at radius 2 is 1.88 bits per heavy atom. The smallest absolute Gasteiger partial charge is 0.243 e. The number of hydrogen-bond acceptors (Lipinski definition) is 4. The molecule has 0 radical (unpaired) electrons. The first-order valence-corrected chi connectivity index (χ1v) is 9.26. The van der Waals surface area contributed by atoms with Gasteiger partial charge in [-0.15, -0.1) is 0 Å². The van der Waals surface area contributed by atoms with Gasteiger partial charge in [0.05, 0.1) is 5.02 Å². The van der Waals surface area contributed by atoms with Gasteiger partial charge in [0.15, 0.2) is 11.5 Å². The molecule has 3 rings (SSSR count). The van der Waals surface area contributed by atoms with Gasteiger partial charge in [-0.25, -0.2) is 21.9 Å². The molecule has 0 spiro atoms. The highest BCUT2D eigenvalue weighted by Crippen LogP contribution is 2.38. The van der Waals surface area contributed by atoms with Gasteiger partial charge in [-0.3, -0.25) is 0 Å². The molecule has 1 aliphatic heterocycles. The largest absolute Gasteiger partial charge is 0.486 e. The van der Waals surface area contributed by atoms with E-state index in [1.165, 1.54) is 0 Å². The summed E-state index contributed by atoms with van der Waals surface area (Å²) in [5.41, 5.74) is 0.719. The zero-order chi connectivity index (χ0) is 18.0. The topological polar surface area (TPSA) is 64.6 Å². The summed E-state index contributed by atoms with van der Waals surface area (Å²) >= 11 is 6.12. The van der Waals surface area contributed by atoms with Gasteiger partial charge in [-0.1, -0.05) is 11.6 Å². The van der Waals surface area contributed by atoms with Gasteiger partial charge in [0.1, 0.15) is 29.7 Å². The number of hydrogen-bond donors (Lipinski definition) is 1. The fourth-order valence-corrected chi connectivity index (χ4v) is 3.81. The minimum atomic E-state index is -4.16. The van der Waals surface area contributed by atoms with Crippen LogP contribution in [0.1, 0.15) is 5.56 Å². The molecule has 0 bridgehead atoms. The van der Waals surface area contributed by atoms with Crippen molar-refractivity contribution in [3.63, 3.8) is 0 Å². The second kappa shape index (κ2) is 7.15. The number of sulfonamides is 1. The second-order valence-corrected chi connectivity index (χ2v) is 7.47. The zero-order valence-electron chi connectivity index (χ0n) is 12.9. The quantitative estimate of drug-likeness (QED) is 0.854. The molecular formula is C16H14ClF2NO4S. The lowest BCUT2D eigenvalue weighted by molar-refractivity contribution is 0.171. The van der Waals surface area contributed by atoms with Gasteiger partial charge >= 0.3 is 0 Å². The van der Waals surface area contributed by atoms with E-state index in [1.807, 2.05) is 0 Å². The number of benzene rings is 2. The zero-order valence-corrected chi connectivity index (χ0v) is 14.5. The van der Waals surface area contributed by atoms with Gasteiger partial charge < -0.3 is 9.47 Å². The van der Waals surface area contributed by atoms with Gasteiger partial charge in [0.25, 0.3) is 0 Å². The molecule has 9 heteroatoms. The maximum absolute atomic E-state index is 13.6. The van der Waals surface area contributed by atoms with E-state index in [0.717, 1.165) is 17.7 Å². The van der Waals surface area contributed by atoms with Crippen molar-refractivity contribution >= 4 is 21.6 Å². The second-order valence-electron chi connectivity index (χ2n) is 5.32.